The molecule has 0 radical (unpaired) electrons. The summed E-state index contributed by atoms with van der Waals surface area (Å²) in [5.74, 6) is 0.890. The standard InChI is InChI=1S/C16H16O2S/c1-10-8-15(19-11(10)2)16(17)12-4-3-5-14(9-12)18-13-6-7-13/h3-5,8-9,13H,6-7H2,1-2H3. The fourth-order valence-electron chi connectivity index (χ4n) is 1.92. The minimum Gasteiger partial charge on any atom is -0.490 e. The van der Waals surface area contributed by atoms with Gasteiger partial charge < -0.3 is 4.74 Å². The normalized spacial score (nSPS) is 14.4. The summed E-state index contributed by atoms with van der Waals surface area (Å²) in [4.78, 5) is 14.4. The van der Waals surface area contributed by atoms with E-state index < -0.39 is 0 Å². The monoisotopic (exact) mass is 272 g/mol. The van der Waals surface area contributed by atoms with Gasteiger partial charge in [0.25, 0.3) is 0 Å². The number of carbonyl (C=O) groups is 1. The van der Waals surface area contributed by atoms with Gasteiger partial charge in [0.15, 0.2) is 0 Å². The molecule has 1 saturated carbocycles. The predicted molar refractivity (Wildman–Crippen MR) is 77.3 cm³/mol. The van der Waals surface area contributed by atoms with Crippen molar-refractivity contribution in [2.24, 2.45) is 0 Å². The lowest BCUT2D eigenvalue weighted by Gasteiger charge is -2.05. The highest BCUT2D eigenvalue weighted by Crippen LogP contribution is 2.28. The first-order valence-electron chi connectivity index (χ1n) is 6.52. The molecule has 0 N–H and O–H groups in total. The third-order valence-corrected chi connectivity index (χ3v) is 4.46. The molecule has 0 spiro atoms. The van der Waals surface area contributed by atoms with E-state index in [0.29, 0.717) is 11.7 Å². The number of carbonyl (C=O) groups excluding carboxylic acids is 1. The van der Waals surface area contributed by atoms with Crippen LogP contribution in [-0.2, 0) is 0 Å². The van der Waals surface area contributed by atoms with Crippen molar-refractivity contribution in [3.63, 3.8) is 0 Å². The van der Waals surface area contributed by atoms with E-state index in [2.05, 4.69) is 0 Å². The number of hydrogen-bond acceptors (Lipinski definition) is 3. The van der Waals surface area contributed by atoms with E-state index in [9.17, 15) is 4.79 Å². The molecule has 0 atom stereocenters. The maximum Gasteiger partial charge on any atom is 0.203 e. The first-order chi connectivity index (χ1) is 9.13. The summed E-state index contributed by atoms with van der Waals surface area (Å²) in [6.45, 7) is 4.08. The minimum absolute atomic E-state index is 0.0856. The number of benzene rings is 1. The van der Waals surface area contributed by atoms with Crippen LogP contribution in [0.3, 0.4) is 0 Å². The third-order valence-electron chi connectivity index (χ3n) is 3.31. The molecule has 2 nitrogen and oxygen atoms in total. The second-order valence-electron chi connectivity index (χ2n) is 5.02. The molecule has 0 saturated heterocycles. The van der Waals surface area contributed by atoms with Crippen molar-refractivity contribution < 1.29 is 9.53 Å². The second kappa shape index (κ2) is 4.82. The molecule has 3 heteroatoms. The molecule has 3 rings (SSSR count). The van der Waals surface area contributed by atoms with Crippen molar-refractivity contribution in [1.29, 1.82) is 0 Å². The van der Waals surface area contributed by atoms with Crippen molar-refractivity contribution in [2.75, 3.05) is 0 Å². The number of ketones is 1. The van der Waals surface area contributed by atoms with Crippen molar-refractivity contribution in [1.82, 2.24) is 0 Å². The van der Waals surface area contributed by atoms with Crippen LogP contribution in [0.2, 0.25) is 0 Å². The number of ether oxygens (including phenoxy) is 1. The van der Waals surface area contributed by atoms with Crippen molar-refractivity contribution >= 4 is 17.1 Å². The Morgan fingerprint density at radius 2 is 2.05 bits per heavy atom. The lowest BCUT2D eigenvalue weighted by atomic mass is 10.1. The van der Waals surface area contributed by atoms with Crippen LogP contribution >= 0.6 is 11.3 Å². The maximum absolute atomic E-state index is 12.4. The molecule has 1 aliphatic carbocycles. The van der Waals surface area contributed by atoms with Gasteiger partial charge in [-0.15, -0.1) is 11.3 Å². The van der Waals surface area contributed by atoms with Gasteiger partial charge in [-0.25, -0.2) is 0 Å². The largest absolute Gasteiger partial charge is 0.490 e. The summed E-state index contributed by atoms with van der Waals surface area (Å²) < 4.78 is 5.73. The summed E-state index contributed by atoms with van der Waals surface area (Å²) in [6.07, 6.45) is 2.61. The van der Waals surface area contributed by atoms with Gasteiger partial charge in [0.2, 0.25) is 5.78 Å². The van der Waals surface area contributed by atoms with Gasteiger partial charge in [-0.1, -0.05) is 12.1 Å². The first-order valence-corrected chi connectivity index (χ1v) is 7.33. The van der Waals surface area contributed by atoms with Gasteiger partial charge in [-0.3, -0.25) is 4.79 Å². The Labute approximate surface area is 117 Å². The molecule has 0 unspecified atom stereocenters. The van der Waals surface area contributed by atoms with Gasteiger partial charge in [-0.05, 0) is 50.5 Å². The summed E-state index contributed by atoms with van der Waals surface area (Å²) >= 11 is 1.56. The Bertz CT molecular complexity index is 604. The van der Waals surface area contributed by atoms with Crippen LogP contribution < -0.4 is 4.74 Å². The predicted octanol–water partition coefficient (Wildman–Crippen LogP) is 4.14. The molecular weight excluding hydrogens is 256 g/mol. The Kier molecular flexibility index (Phi) is 3.15. The van der Waals surface area contributed by atoms with Crippen molar-refractivity contribution in [3.8, 4) is 5.75 Å². The van der Waals surface area contributed by atoms with Crippen LogP contribution in [0.25, 0.3) is 0 Å². The fraction of sp³-hybridized carbons (Fsp3) is 0.312. The number of aryl methyl sites for hydroxylation is 2. The molecule has 1 aromatic heterocycles. The smallest absolute Gasteiger partial charge is 0.203 e. The Morgan fingerprint density at radius 3 is 2.68 bits per heavy atom. The van der Waals surface area contributed by atoms with Crippen LogP contribution in [0.5, 0.6) is 5.75 Å². The van der Waals surface area contributed by atoms with Crippen LogP contribution in [0.15, 0.2) is 30.3 Å². The van der Waals surface area contributed by atoms with E-state index >= 15 is 0 Å². The molecule has 0 amide bonds. The van der Waals surface area contributed by atoms with Gasteiger partial charge in [0.05, 0.1) is 11.0 Å². The van der Waals surface area contributed by atoms with E-state index in [1.807, 2.05) is 44.2 Å². The summed E-state index contributed by atoms with van der Waals surface area (Å²) in [5, 5.41) is 0. The fourth-order valence-corrected chi connectivity index (χ4v) is 2.91. The molecule has 0 bridgehead atoms. The van der Waals surface area contributed by atoms with E-state index in [1.165, 1.54) is 10.4 Å². The van der Waals surface area contributed by atoms with E-state index in [0.717, 1.165) is 23.5 Å². The molecule has 19 heavy (non-hydrogen) atoms. The molecule has 0 aliphatic heterocycles. The van der Waals surface area contributed by atoms with Gasteiger partial charge in [0.1, 0.15) is 5.75 Å². The number of thiophene rings is 1. The molecule has 1 fully saturated rings. The average Bonchev–Trinajstić information content (AvgIpc) is 3.15. The molecular formula is C16H16O2S. The Hall–Kier alpha value is -1.61. The zero-order valence-electron chi connectivity index (χ0n) is 11.1. The molecule has 98 valence electrons. The zero-order valence-corrected chi connectivity index (χ0v) is 11.9. The van der Waals surface area contributed by atoms with Crippen LogP contribution in [0.1, 0.15) is 38.5 Å². The zero-order chi connectivity index (χ0) is 13.4. The van der Waals surface area contributed by atoms with Crippen molar-refractivity contribution in [3.05, 3.63) is 51.2 Å². The van der Waals surface area contributed by atoms with Gasteiger partial charge >= 0.3 is 0 Å². The summed E-state index contributed by atoms with van der Waals surface area (Å²) in [6, 6.07) is 9.48. The quantitative estimate of drug-likeness (QED) is 0.782. The topological polar surface area (TPSA) is 26.3 Å². The van der Waals surface area contributed by atoms with Crippen LogP contribution in [0, 0.1) is 13.8 Å². The van der Waals surface area contributed by atoms with E-state index in [1.54, 1.807) is 11.3 Å². The van der Waals surface area contributed by atoms with Gasteiger partial charge in [-0.2, -0.15) is 0 Å². The molecule has 1 aromatic carbocycles. The first kappa shape index (κ1) is 12.4. The van der Waals surface area contributed by atoms with E-state index in [4.69, 9.17) is 4.74 Å². The average molecular weight is 272 g/mol. The second-order valence-corrected chi connectivity index (χ2v) is 6.28. The summed E-state index contributed by atoms with van der Waals surface area (Å²) in [7, 11) is 0. The highest BCUT2D eigenvalue weighted by Gasteiger charge is 2.23. The van der Waals surface area contributed by atoms with Crippen LogP contribution in [-0.4, -0.2) is 11.9 Å². The highest BCUT2D eigenvalue weighted by atomic mass is 32.1. The van der Waals surface area contributed by atoms with Crippen LogP contribution in [0.4, 0.5) is 0 Å². The summed E-state index contributed by atoms with van der Waals surface area (Å²) in [5.41, 5.74) is 1.89. The molecule has 1 heterocycles. The number of hydrogen-bond donors (Lipinski definition) is 0. The molecule has 2 aromatic rings. The third kappa shape index (κ3) is 2.71. The highest BCUT2D eigenvalue weighted by molar-refractivity contribution is 7.14. The Morgan fingerprint density at radius 1 is 1.26 bits per heavy atom. The Balaban J connectivity index is 1.85. The minimum atomic E-state index is 0.0856. The maximum atomic E-state index is 12.4. The lowest BCUT2D eigenvalue weighted by molar-refractivity contribution is 0.104. The van der Waals surface area contributed by atoms with Gasteiger partial charge in [0, 0.05) is 10.4 Å². The van der Waals surface area contributed by atoms with Crippen molar-refractivity contribution in [2.45, 2.75) is 32.8 Å². The number of rotatable bonds is 4. The van der Waals surface area contributed by atoms with E-state index in [-0.39, 0.29) is 5.78 Å². The lowest BCUT2D eigenvalue weighted by Crippen LogP contribution is -2.01. The SMILES string of the molecule is Cc1cc(C(=O)c2cccc(OC3CC3)c2)sc1C. The molecule has 1 aliphatic rings.